The molecular formula is C26H37N3Si. The van der Waals surface area contributed by atoms with Gasteiger partial charge in [0.2, 0.25) is 0 Å². The second kappa shape index (κ2) is 9.32. The largest absolute Gasteiger partial charge is 0.379 e. The van der Waals surface area contributed by atoms with Crippen LogP contribution in [-0.2, 0) is 6.42 Å². The molecule has 1 aromatic carbocycles. The molecular weight excluding hydrogens is 382 g/mol. The van der Waals surface area contributed by atoms with E-state index in [1.165, 1.54) is 16.7 Å². The van der Waals surface area contributed by atoms with Crippen LogP contribution < -0.4 is 5.73 Å². The molecule has 2 N–H and O–H groups in total. The van der Waals surface area contributed by atoms with Gasteiger partial charge in [-0.25, -0.2) is 0 Å². The Hall–Kier alpha value is -2.17. The van der Waals surface area contributed by atoms with Crippen molar-refractivity contribution in [2.45, 2.75) is 70.6 Å². The minimum absolute atomic E-state index is 0.107. The molecule has 4 heteroatoms. The second-order valence-corrected chi connectivity index (χ2v) is 15.2. The van der Waals surface area contributed by atoms with Crippen molar-refractivity contribution < 1.29 is 0 Å². The quantitative estimate of drug-likeness (QED) is 0.407. The fraction of sp³-hybridized carbons (Fsp3) is 0.423. The zero-order chi connectivity index (χ0) is 21.9. The Labute approximate surface area is 183 Å². The summed E-state index contributed by atoms with van der Waals surface area (Å²) in [6.45, 7) is 14.4. The molecule has 1 unspecified atom stereocenters. The van der Waals surface area contributed by atoms with E-state index in [-0.39, 0.29) is 6.04 Å². The number of benzene rings is 1. The number of hydrogen-bond acceptors (Lipinski definition) is 2. The first kappa shape index (κ1) is 22.5. The van der Waals surface area contributed by atoms with Gasteiger partial charge < -0.3 is 9.97 Å². The number of nitrogens with zero attached hydrogens (tertiary/aromatic N) is 2. The average molecular weight is 420 g/mol. The summed E-state index contributed by atoms with van der Waals surface area (Å²) in [7, 11) is -1.73. The number of rotatable bonds is 8. The van der Waals surface area contributed by atoms with Crippen LogP contribution in [0.2, 0.25) is 16.6 Å². The van der Waals surface area contributed by atoms with E-state index < -0.39 is 8.24 Å². The maximum Gasteiger partial charge on any atom is 0.168 e. The van der Waals surface area contributed by atoms with E-state index in [9.17, 15) is 0 Å². The third-order valence-electron chi connectivity index (χ3n) is 6.71. The third-order valence-corrected chi connectivity index (χ3v) is 13.4. The monoisotopic (exact) mass is 419 g/mol. The van der Waals surface area contributed by atoms with Crippen LogP contribution in [0.5, 0.6) is 0 Å². The standard InChI is InChI=1S/C26H37N3Si/c1-19(2)30(20(3)4,21(5)6)29-15-13-24(18-29)23-12-14-28-26(17-23)25(27)16-22-10-8-7-9-11-22/h7-15,17-21,25H,16,27H2,1-6H3. The van der Waals surface area contributed by atoms with E-state index in [1.54, 1.807) is 0 Å². The molecule has 0 saturated heterocycles. The lowest BCUT2D eigenvalue weighted by molar-refractivity contribution is 0.697. The van der Waals surface area contributed by atoms with Crippen LogP contribution in [0.15, 0.2) is 67.1 Å². The molecule has 3 aromatic rings. The molecule has 2 aromatic heterocycles. The Morgan fingerprint density at radius 1 is 0.867 bits per heavy atom. The lowest BCUT2D eigenvalue weighted by Gasteiger charge is -2.44. The molecule has 2 heterocycles. The van der Waals surface area contributed by atoms with Crippen molar-refractivity contribution in [2.75, 3.05) is 0 Å². The molecule has 1 atom stereocenters. The van der Waals surface area contributed by atoms with Gasteiger partial charge in [-0.15, -0.1) is 0 Å². The first-order valence-electron chi connectivity index (χ1n) is 11.2. The van der Waals surface area contributed by atoms with Gasteiger partial charge in [0.25, 0.3) is 0 Å². The Balaban J connectivity index is 1.91. The first-order chi connectivity index (χ1) is 14.3. The van der Waals surface area contributed by atoms with Crippen molar-refractivity contribution in [1.82, 2.24) is 9.22 Å². The van der Waals surface area contributed by atoms with Crippen molar-refractivity contribution in [3.8, 4) is 11.1 Å². The van der Waals surface area contributed by atoms with Gasteiger partial charge in [-0.1, -0.05) is 71.9 Å². The van der Waals surface area contributed by atoms with Gasteiger partial charge in [0, 0.05) is 12.4 Å². The van der Waals surface area contributed by atoms with Gasteiger partial charge in [-0.05, 0) is 64.1 Å². The summed E-state index contributed by atoms with van der Waals surface area (Å²) in [6.07, 6.45) is 7.37. The van der Waals surface area contributed by atoms with Crippen LogP contribution in [0.25, 0.3) is 11.1 Å². The highest BCUT2D eigenvalue weighted by atomic mass is 28.3. The van der Waals surface area contributed by atoms with Gasteiger partial charge >= 0.3 is 0 Å². The van der Waals surface area contributed by atoms with Crippen LogP contribution >= 0.6 is 0 Å². The summed E-state index contributed by atoms with van der Waals surface area (Å²) < 4.78 is 2.59. The fourth-order valence-electron chi connectivity index (χ4n) is 5.51. The second-order valence-electron chi connectivity index (χ2n) is 9.42. The normalized spacial score (nSPS) is 13.4. The molecule has 0 aliphatic heterocycles. The third kappa shape index (κ3) is 4.30. The zero-order valence-electron chi connectivity index (χ0n) is 19.3. The summed E-state index contributed by atoms with van der Waals surface area (Å²) in [5.41, 5.74) is 13.2. The molecule has 0 radical (unpaired) electrons. The SMILES string of the molecule is CC(C)[Si](C(C)C)(C(C)C)n1ccc(-c2ccnc(C(N)Cc3ccccc3)c2)c1. The van der Waals surface area contributed by atoms with Gasteiger partial charge in [-0.2, -0.15) is 0 Å². The fourth-order valence-corrected chi connectivity index (χ4v) is 12.0. The maximum atomic E-state index is 6.51. The van der Waals surface area contributed by atoms with Crippen molar-refractivity contribution in [3.05, 3.63) is 78.4 Å². The summed E-state index contributed by atoms with van der Waals surface area (Å²) in [6, 6.07) is 16.8. The number of aromatic nitrogens is 2. The molecule has 0 amide bonds. The van der Waals surface area contributed by atoms with E-state index >= 15 is 0 Å². The molecule has 160 valence electrons. The molecule has 0 aliphatic rings. The summed E-state index contributed by atoms with van der Waals surface area (Å²) >= 11 is 0. The molecule has 3 nitrogen and oxygen atoms in total. The first-order valence-corrected chi connectivity index (χ1v) is 13.4. The molecule has 0 saturated carbocycles. The number of hydrogen-bond donors (Lipinski definition) is 1. The van der Waals surface area contributed by atoms with Crippen LogP contribution in [-0.4, -0.2) is 17.5 Å². The van der Waals surface area contributed by atoms with E-state index in [0.29, 0.717) is 16.6 Å². The minimum Gasteiger partial charge on any atom is -0.379 e. The Kier molecular flexibility index (Phi) is 6.99. The molecule has 0 aliphatic carbocycles. The lowest BCUT2D eigenvalue weighted by Crippen LogP contribution is -2.51. The smallest absolute Gasteiger partial charge is 0.168 e. The van der Waals surface area contributed by atoms with E-state index in [4.69, 9.17) is 5.73 Å². The minimum atomic E-state index is -1.73. The summed E-state index contributed by atoms with van der Waals surface area (Å²) in [5, 5.41) is 0. The van der Waals surface area contributed by atoms with Crippen molar-refractivity contribution in [2.24, 2.45) is 5.73 Å². The van der Waals surface area contributed by atoms with Crippen molar-refractivity contribution in [1.29, 1.82) is 0 Å². The average Bonchev–Trinajstić information content (AvgIpc) is 3.18. The highest BCUT2D eigenvalue weighted by molar-refractivity contribution is 6.82. The van der Waals surface area contributed by atoms with E-state index in [2.05, 4.69) is 106 Å². The molecule has 0 spiro atoms. The summed E-state index contributed by atoms with van der Waals surface area (Å²) in [4.78, 5) is 4.58. The summed E-state index contributed by atoms with van der Waals surface area (Å²) in [5.74, 6) is 0. The Bertz CT molecular complexity index is 922. The van der Waals surface area contributed by atoms with Crippen molar-refractivity contribution >= 4 is 8.24 Å². The van der Waals surface area contributed by atoms with Crippen molar-refractivity contribution in [3.63, 3.8) is 0 Å². The predicted molar refractivity (Wildman–Crippen MR) is 131 cm³/mol. The Morgan fingerprint density at radius 2 is 1.50 bits per heavy atom. The van der Waals surface area contributed by atoms with Crippen LogP contribution in [0.4, 0.5) is 0 Å². The molecule has 30 heavy (non-hydrogen) atoms. The van der Waals surface area contributed by atoms with Gasteiger partial charge in [0.1, 0.15) is 0 Å². The van der Waals surface area contributed by atoms with Gasteiger partial charge in [0.15, 0.2) is 8.24 Å². The van der Waals surface area contributed by atoms with E-state index in [0.717, 1.165) is 12.1 Å². The maximum absolute atomic E-state index is 6.51. The highest BCUT2D eigenvalue weighted by Crippen LogP contribution is 2.43. The van der Waals surface area contributed by atoms with Crippen LogP contribution in [0.1, 0.15) is 58.8 Å². The lowest BCUT2D eigenvalue weighted by atomic mass is 10.0. The zero-order valence-corrected chi connectivity index (χ0v) is 20.3. The molecule has 0 fully saturated rings. The molecule has 3 rings (SSSR count). The number of pyridine rings is 1. The molecule has 0 bridgehead atoms. The highest BCUT2D eigenvalue weighted by Gasteiger charge is 2.44. The van der Waals surface area contributed by atoms with Gasteiger partial charge in [0.05, 0.1) is 11.7 Å². The predicted octanol–water partition coefficient (Wildman–Crippen LogP) is 6.82. The Morgan fingerprint density at radius 3 is 2.10 bits per heavy atom. The number of nitrogens with two attached hydrogens (primary N) is 1. The van der Waals surface area contributed by atoms with Crippen LogP contribution in [0, 0.1) is 0 Å². The van der Waals surface area contributed by atoms with Gasteiger partial charge in [-0.3, -0.25) is 4.98 Å². The topological polar surface area (TPSA) is 43.8 Å². The van der Waals surface area contributed by atoms with Crippen LogP contribution in [0.3, 0.4) is 0 Å². The van der Waals surface area contributed by atoms with E-state index in [1.807, 2.05) is 12.3 Å².